The Morgan fingerprint density at radius 1 is 0.429 bits per heavy atom. The number of ether oxygens (including phenoxy) is 3. The highest BCUT2D eigenvalue weighted by Gasteiger charge is 2.38. The Morgan fingerprint density at radius 3 is 1.06 bits per heavy atom. The number of methoxy groups -OCH3 is 2. The van der Waals surface area contributed by atoms with E-state index < -0.39 is 41.5 Å². The van der Waals surface area contributed by atoms with E-state index >= 15 is 0 Å². The van der Waals surface area contributed by atoms with E-state index in [4.69, 9.17) is 20.7 Å². The number of carboxylic acid groups (broad SMARTS) is 2. The van der Waals surface area contributed by atoms with Crippen LogP contribution < -0.4 is 32.3 Å². The summed E-state index contributed by atoms with van der Waals surface area (Å²) in [4.78, 5) is 131. The first-order valence-electron chi connectivity index (χ1n) is 37.0. The summed E-state index contributed by atoms with van der Waals surface area (Å²) in [5.41, 5.74) is 7.75. The lowest BCUT2D eigenvalue weighted by atomic mass is 9.98. The Hall–Kier alpha value is -9.35. The van der Waals surface area contributed by atoms with Crippen LogP contribution in [0.4, 0.5) is 16.2 Å². The van der Waals surface area contributed by atoms with Crippen LogP contribution in [-0.2, 0) is 14.2 Å². The van der Waals surface area contributed by atoms with Crippen molar-refractivity contribution in [1.29, 1.82) is 0 Å². The van der Waals surface area contributed by atoms with Crippen molar-refractivity contribution < 1.29 is 67.6 Å². The van der Waals surface area contributed by atoms with E-state index in [-0.39, 0.29) is 46.1 Å². The van der Waals surface area contributed by atoms with Crippen molar-refractivity contribution in [2.75, 3.05) is 77.2 Å². The average molecular weight is 1450 g/mol. The monoisotopic (exact) mass is 1450 g/mol. The molecule has 8 heterocycles. The van der Waals surface area contributed by atoms with Crippen molar-refractivity contribution in [3.63, 3.8) is 0 Å². The van der Waals surface area contributed by atoms with Gasteiger partial charge < -0.3 is 51.4 Å². The van der Waals surface area contributed by atoms with Gasteiger partial charge in [-0.1, -0.05) is 57.4 Å². The number of pyridine rings is 4. The first kappa shape index (κ1) is 79.8. The van der Waals surface area contributed by atoms with Gasteiger partial charge in [-0.2, -0.15) is 0 Å². The summed E-state index contributed by atoms with van der Waals surface area (Å²) in [6.07, 6.45) is 30.8. The molecule has 8 fully saturated rings. The molecule has 28 nitrogen and oxygen atoms in total. The third-order valence-corrected chi connectivity index (χ3v) is 20.8. The molecule has 1 aromatic carbocycles. The minimum absolute atomic E-state index is 0.0349. The maximum absolute atomic E-state index is 12.6. The molecule has 0 spiro atoms. The standard InChI is InChI=1S/C27H35N5O4.C17H23N3O3.C16H21N3O3.C9H18N2.C8H7NO4/c1-27(2,3)36-26(35)31-20-8-6-7-19(15-20)30-25(34)23-12-11-18(16-28-23)24(33)29-17-22-13-14-32(22)21-9-4-5-10-21;1-23-17(22)15-7-6-12(10-18-15)16(21)19-11-14-8-9-20(14)13-4-2-3-5-13;20-15(11-5-6-14(16(21)22)17-9-11)18-10-13-7-8-19(13)12-3-1-2-4-12;10-7-9-5-6-11(9)8-3-1-2-4-8;1-13-8(12)6-3-2-5(4-9-6)7(10)11/h6-8,11-12,15-16,21-22H,4-5,9-10,13-14,17H2,1-3H3,(H,29,33)(H,30,34)(H,31,35);6-7,10,13-14H,2-5,8-9,11H2,1H3,(H,19,21);5-6,9,12-13H,1-4,7-8,10H2,(H,18,20)(H,21,22);8-9H,1-7,10H2;2-4H,1H3,(H,10,11). The summed E-state index contributed by atoms with van der Waals surface area (Å²) in [5.74, 6) is -4.20. The molecule has 5 aromatic rings. The zero-order valence-electron chi connectivity index (χ0n) is 61.1. The number of nitrogens with two attached hydrogens (primary N) is 1. The van der Waals surface area contributed by atoms with Crippen LogP contribution >= 0.6 is 0 Å². The molecular weight excluding hydrogens is 1340 g/mol. The molecule has 9 N–H and O–H groups in total. The zero-order chi connectivity index (χ0) is 75.0. The van der Waals surface area contributed by atoms with Gasteiger partial charge in [0.1, 0.15) is 28.4 Å². The third kappa shape index (κ3) is 23.3. The van der Waals surface area contributed by atoms with Gasteiger partial charge in [0.2, 0.25) is 0 Å². The second kappa shape index (κ2) is 39.1. The van der Waals surface area contributed by atoms with E-state index in [1.54, 1.807) is 57.2 Å². The van der Waals surface area contributed by atoms with Crippen LogP contribution in [0, 0.1) is 0 Å². The molecule has 4 aliphatic heterocycles. The molecule has 4 aromatic heterocycles. The van der Waals surface area contributed by atoms with Crippen molar-refractivity contribution in [2.45, 2.75) is 203 Å². The summed E-state index contributed by atoms with van der Waals surface area (Å²) in [5, 5.41) is 31.6. The number of carboxylic acids is 2. The molecule has 8 aliphatic rings. The number of hydrogen-bond acceptors (Lipinski definition) is 21. The summed E-state index contributed by atoms with van der Waals surface area (Å²) < 4.78 is 14.2. The lowest BCUT2D eigenvalue weighted by Gasteiger charge is -2.45. The number of rotatable bonds is 21. The van der Waals surface area contributed by atoms with Gasteiger partial charge in [-0.25, -0.2) is 38.9 Å². The van der Waals surface area contributed by atoms with Crippen molar-refractivity contribution in [2.24, 2.45) is 5.73 Å². The quantitative estimate of drug-likeness (QED) is 0.0251. The number of nitrogens with zero attached hydrogens (tertiary/aromatic N) is 8. The van der Waals surface area contributed by atoms with Gasteiger partial charge in [-0.05, 0) is 165 Å². The highest BCUT2D eigenvalue weighted by Crippen LogP contribution is 2.34. The fourth-order valence-corrected chi connectivity index (χ4v) is 14.7. The molecule has 4 unspecified atom stereocenters. The smallest absolute Gasteiger partial charge is 0.412 e. The number of likely N-dealkylation sites (tertiary alicyclic amines) is 4. The minimum Gasteiger partial charge on any atom is -0.478 e. The number of hydrogen-bond donors (Lipinski definition) is 8. The zero-order valence-corrected chi connectivity index (χ0v) is 61.1. The summed E-state index contributed by atoms with van der Waals surface area (Å²) in [6, 6.07) is 23.5. The molecule has 4 saturated heterocycles. The van der Waals surface area contributed by atoms with Crippen LogP contribution in [0.15, 0.2) is 97.6 Å². The summed E-state index contributed by atoms with van der Waals surface area (Å²) in [6.45, 7) is 12.9. The second-order valence-corrected chi connectivity index (χ2v) is 28.8. The first-order chi connectivity index (χ1) is 50.6. The number of amides is 5. The van der Waals surface area contributed by atoms with Gasteiger partial charge >= 0.3 is 30.0 Å². The Balaban J connectivity index is 0.000000161. The molecule has 28 heteroatoms. The maximum atomic E-state index is 12.6. The van der Waals surface area contributed by atoms with E-state index in [1.165, 1.54) is 185 Å². The van der Waals surface area contributed by atoms with Gasteiger partial charge in [-0.3, -0.25) is 49.1 Å². The third-order valence-electron chi connectivity index (χ3n) is 20.8. The number of esters is 2. The van der Waals surface area contributed by atoms with Gasteiger partial charge in [-0.15, -0.1) is 0 Å². The fourth-order valence-electron chi connectivity index (χ4n) is 14.7. The Labute approximate surface area is 614 Å². The van der Waals surface area contributed by atoms with E-state index in [2.05, 4.69) is 75.6 Å². The Kier molecular flexibility index (Phi) is 29.7. The molecule has 4 aliphatic carbocycles. The number of carbonyl (C=O) groups is 9. The topological polar surface area (TPSA) is 372 Å². The van der Waals surface area contributed by atoms with Crippen LogP contribution in [0.2, 0.25) is 0 Å². The SMILES string of the molecule is CC(C)(C)OC(=O)Nc1cccc(NC(=O)c2ccc(C(=O)NCC3CCN3C3CCCC3)cn2)c1.COC(=O)c1ccc(C(=O)NCC2CCN2C2CCCC2)cn1.COC(=O)c1ccc(C(=O)O)cn1.NCC1CCN1C1CCCC1.O=C(NCC1CCN1C1CCCC1)c1ccc(C(=O)O)nc1. The Bertz CT molecular complexity index is 3700. The Morgan fingerprint density at radius 2 is 0.762 bits per heavy atom. The fraction of sp³-hybridized carbons (Fsp3) is 0.545. The predicted octanol–water partition coefficient (Wildman–Crippen LogP) is 9.10. The van der Waals surface area contributed by atoms with Crippen LogP contribution in [0.3, 0.4) is 0 Å². The molecule has 0 bridgehead atoms. The van der Waals surface area contributed by atoms with Crippen molar-refractivity contribution in [1.82, 2.24) is 55.5 Å². The highest BCUT2D eigenvalue weighted by molar-refractivity contribution is 6.04. The van der Waals surface area contributed by atoms with Gasteiger partial charge in [0.25, 0.3) is 23.6 Å². The molecular formula is C77H104N14O14. The molecule has 5 amide bonds. The van der Waals surface area contributed by atoms with E-state index in [9.17, 15) is 43.2 Å². The molecule has 4 saturated carbocycles. The summed E-state index contributed by atoms with van der Waals surface area (Å²) >= 11 is 0. The van der Waals surface area contributed by atoms with Crippen LogP contribution in [0.5, 0.6) is 0 Å². The summed E-state index contributed by atoms with van der Waals surface area (Å²) in [7, 11) is 2.54. The van der Waals surface area contributed by atoms with Crippen LogP contribution in [-0.4, -0.2) is 224 Å². The molecule has 566 valence electrons. The van der Waals surface area contributed by atoms with E-state index in [0.717, 1.165) is 63.7 Å². The number of aromatic nitrogens is 4. The lowest BCUT2D eigenvalue weighted by molar-refractivity contribution is 0.0425. The molecule has 4 atom stereocenters. The van der Waals surface area contributed by atoms with Crippen molar-refractivity contribution in [3.8, 4) is 0 Å². The van der Waals surface area contributed by atoms with E-state index in [1.807, 2.05) is 0 Å². The van der Waals surface area contributed by atoms with E-state index in [0.29, 0.717) is 84.0 Å². The number of nitrogens with one attached hydrogen (secondary N) is 5. The van der Waals surface area contributed by atoms with Crippen LogP contribution in [0.25, 0.3) is 0 Å². The normalized spacial score (nSPS) is 20.4. The maximum Gasteiger partial charge on any atom is 0.412 e. The van der Waals surface area contributed by atoms with Gasteiger partial charge in [0.05, 0.1) is 36.5 Å². The molecule has 13 rings (SSSR count). The molecule has 105 heavy (non-hydrogen) atoms. The van der Waals surface area contributed by atoms with Crippen molar-refractivity contribution in [3.05, 3.63) is 143 Å². The first-order valence-corrected chi connectivity index (χ1v) is 37.0. The number of benzene rings is 1. The minimum atomic E-state index is -1.09. The van der Waals surface area contributed by atoms with Crippen molar-refractivity contribution >= 4 is 65.0 Å². The van der Waals surface area contributed by atoms with Crippen LogP contribution in [0.1, 0.15) is 233 Å². The molecule has 0 radical (unpaired) electrons. The lowest BCUT2D eigenvalue weighted by Crippen LogP contribution is -2.56. The number of carbonyl (C=O) groups excluding carboxylic acids is 7. The second-order valence-electron chi connectivity index (χ2n) is 28.8. The number of aromatic carboxylic acids is 2. The van der Waals surface area contributed by atoms with Gasteiger partial charge in [0.15, 0.2) is 0 Å². The highest BCUT2D eigenvalue weighted by atomic mass is 16.6. The largest absolute Gasteiger partial charge is 0.478 e. The average Bonchev–Trinajstić information content (AvgIpc) is 1.82. The number of anilines is 2. The predicted molar refractivity (Wildman–Crippen MR) is 393 cm³/mol. The van der Waals surface area contributed by atoms with Gasteiger partial charge in [0, 0.05) is 137 Å².